The molecule has 0 saturated heterocycles. The van der Waals surface area contributed by atoms with Crippen LogP contribution in [0.25, 0.3) is 5.57 Å². The van der Waals surface area contributed by atoms with Gasteiger partial charge in [0.2, 0.25) is 0 Å². The molecule has 2 aromatic rings. The van der Waals surface area contributed by atoms with Crippen LogP contribution in [0.2, 0.25) is 0 Å². The standard InChI is InChI=1S/C26H31F3O2/c1-14-10-16(3)20(17(4)11-14)22(21-18(5)12-15(2)13-19(21)6)23(25(7,8)9)31-24(30)26(27,28)29/h10-13H,1-9H3. The van der Waals surface area contributed by atoms with Gasteiger partial charge in [-0.1, -0.05) is 56.2 Å². The molecule has 0 heterocycles. The average Bonchev–Trinajstić information content (AvgIpc) is 2.54. The topological polar surface area (TPSA) is 26.3 Å². The van der Waals surface area contributed by atoms with Crippen LogP contribution in [0.3, 0.4) is 0 Å². The van der Waals surface area contributed by atoms with E-state index in [0.29, 0.717) is 5.57 Å². The third-order valence-corrected chi connectivity index (χ3v) is 5.19. The molecule has 0 unspecified atom stereocenters. The zero-order valence-electron chi connectivity index (χ0n) is 19.8. The van der Waals surface area contributed by atoms with Crippen molar-refractivity contribution in [2.75, 3.05) is 0 Å². The predicted molar refractivity (Wildman–Crippen MR) is 119 cm³/mol. The van der Waals surface area contributed by atoms with Crippen LogP contribution in [0.5, 0.6) is 0 Å². The van der Waals surface area contributed by atoms with E-state index in [4.69, 9.17) is 4.74 Å². The number of aryl methyl sites for hydroxylation is 6. The maximum atomic E-state index is 13.2. The van der Waals surface area contributed by atoms with Gasteiger partial charge in [0.1, 0.15) is 5.76 Å². The highest BCUT2D eigenvalue weighted by Crippen LogP contribution is 2.43. The average molecular weight is 433 g/mol. The lowest BCUT2D eigenvalue weighted by molar-refractivity contribution is -0.196. The predicted octanol–water partition coefficient (Wildman–Crippen LogP) is 7.45. The van der Waals surface area contributed by atoms with Gasteiger partial charge in [-0.15, -0.1) is 0 Å². The van der Waals surface area contributed by atoms with E-state index < -0.39 is 17.6 Å². The van der Waals surface area contributed by atoms with E-state index in [1.807, 2.05) is 65.8 Å². The van der Waals surface area contributed by atoms with Crippen molar-refractivity contribution in [3.8, 4) is 0 Å². The lowest BCUT2D eigenvalue weighted by atomic mass is 9.79. The maximum Gasteiger partial charge on any atom is 0.491 e. The fourth-order valence-electron chi connectivity index (χ4n) is 4.23. The molecular weight excluding hydrogens is 401 g/mol. The molecule has 5 heteroatoms. The van der Waals surface area contributed by atoms with Crippen LogP contribution in [0.15, 0.2) is 30.0 Å². The minimum absolute atomic E-state index is 0.0138. The normalized spacial score (nSPS) is 12.0. The van der Waals surface area contributed by atoms with Crippen molar-refractivity contribution >= 4 is 11.5 Å². The molecule has 0 aliphatic carbocycles. The molecule has 0 aromatic heterocycles. The molecule has 31 heavy (non-hydrogen) atoms. The number of carbonyl (C=O) groups excluding carboxylic acids is 1. The van der Waals surface area contributed by atoms with Gasteiger partial charge in [0.05, 0.1) is 0 Å². The number of esters is 1. The minimum atomic E-state index is -5.09. The maximum absolute atomic E-state index is 13.2. The molecular formula is C26H31F3O2. The summed E-state index contributed by atoms with van der Waals surface area (Å²) in [7, 11) is 0. The number of allylic oxidation sites excluding steroid dienone is 1. The molecule has 2 aromatic carbocycles. The van der Waals surface area contributed by atoms with E-state index in [2.05, 4.69) is 0 Å². The first-order valence-electron chi connectivity index (χ1n) is 10.2. The number of halogens is 3. The van der Waals surface area contributed by atoms with Crippen LogP contribution in [0.4, 0.5) is 13.2 Å². The van der Waals surface area contributed by atoms with Gasteiger partial charge in [0, 0.05) is 11.0 Å². The van der Waals surface area contributed by atoms with Crippen molar-refractivity contribution < 1.29 is 22.7 Å². The Hall–Kier alpha value is -2.56. The molecule has 0 radical (unpaired) electrons. The van der Waals surface area contributed by atoms with Crippen LogP contribution in [-0.2, 0) is 9.53 Å². The van der Waals surface area contributed by atoms with E-state index in [9.17, 15) is 18.0 Å². The Morgan fingerprint density at radius 3 is 1.29 bits per heavy atom. The van der Waals surface area contributed by atoms with Crippen molar-refractivity contribution in [1.29, 1.82) is 0 Å². The van der Waals surface area contributed by atoms with E-state index in [0.717, 1.165) is 44.5 Å². The van der Waals surface area contributed by atoms with Crippen LogP contribution >= 0.6 is 0 Å². The molecule has 0 bridgehead atoms. The summed E-state index contributed by atoms with van der Waals surface area (Å²) in [5.74, 6) is -2.19. The van der Waals surface area contributed by atoms with Gasteiger partial charge in [0.25, 0.3) is 0 Å². The smallest absolute Gasteiger partial charge is 0.423 e. The van der Waals surface area contributed by atoms with Gasteiger partial charge >= 0.3 is 12.1 Å². The molecule has 0 amide bonds. The largest absolute Gasteiger partial charge is 0.491 e. The summed E-state index contributed by atoms with van der Waals surface area (Å²) in [4.78, 5) is 12.0. The molecule has 2 nitrogen and oxygen atoms in total. The number of rotatable bonds is 3. The third kappa shape index (κ3) is 5.38. The van der Waals surface area contributed by atoms with Gasteiger partial charge in [-0.05, 0) is 74.9 Å². The SMILES string of the molecule is Cc1cc(C)c(C(=C(OC(=O)C(F)(F)F)C(C)(C)C)c2c(C)cc(C)cc2C)c(C)c1. The monoisotopic (exact) mass is 432 g/mol. The lowest BCUT2D eigenvalue weighted by Crippen LogP contribution is -2.29. The third-order valence-electron chi connectivity index (χ3n) is 5.19. The number of hydrogen-bond donors (Lipinski definition) is 0. The molecule has 0 fully saturated rings. The summed E-state index contributed by atoms with van der Waals surface area (Å²) in [6.45, 7) is 16.9. The van der Waals surface area contributed by atoms with Gasteiger partial charge in [0.15, 0.2) is 0 Å². The summed E-state index contributed by atoms with van der Waals surface area (Å²) >= 11 is 0. The Balaban J connectivity index is 3.07. The van der Waals surface area contributed by atoms with Crippen molar-refractivity contribution in [1.82, 2.24) is 0 Å². The van der Waals surface area contributed by atoms with Crippen LogP contribution in [0.1, 0.15) is 65.3 Å². The number of benzene rings is 2. The first-order chi connectivity index (χ1) is 14.0. The lowest BCUT2D eigenvalue weighted by Gasteiger charge is -2.29. The zero-order valence-corrected chi connectivity index (χ0v) is 19.8. The quantitative estimate of drug-likeness (QED) is 0.372. The van der Waals surface area contributed by atoms with Crippen molar-refractivity contribution in [3.63, 3.8) is 0 Å². The second-order valence-corrected chi connectivity index (χ2v) is 9.39. The summed E-state index contributed by atoms with van der Waals surface area (Å²) in [5, 5.41) is 0. The van der Waals surface area contributed by atoms with E-state index in [1.54, 1.807) is 20.8 Å². The fraction of sp³-hybridized carbons (Fsp3) is 0.423. The Labute approximate surface area is 183 Å². The molecule has 0 aliphatic rings. The highest BCUT2D eigenvalue weighted by molar-refractivity contribution is 5.89. The van der Waals surface area contributed by atoms with Crippen LogP contribution in [-0.4, -0.2) is 12.1 Å². The summed E-state index contributed by atoms with van der Waals surface area (Å²) in [5.41, 5.74) is 7.03. The van der Waals surface area contributed by atoms with Gasteiger partial charge < -0.3 is 4.74 Å². The number of carbonyl (C=O) groups is 1. The molecule has 168 valence electrons. The van der Waals surface area contributed by atoms with Gasteiger partial charge in [-0.25, -0.2) is 4.79 Å². The van der Waals surface area contributed by atoms with Crippen molar-refractivity contribution in [3.05, 3.63) is 74.5 Å². The van der Waals surface area contributed by atoms with Gasteiger partial charge in [-0.2, -0.15) is 13.2 Å². The Bertz CT molecular complexity index is 946. The molecule has 0 atom stereocenters. The summed E-state index contributed by atoms with van der Waals surface area (Å²) in [6, 6.07) is 7.97. The second kappa shape index (κ2) is 8.52. The molecule has 2 rings (SSSR count). The summed E-state index contributed by atoms with van der Waals surface area (Å²) < 4.78 is 44.7. The van der Waals surface area contributed by atoms with Crippen LogP contribution < -0.4 is 0 Å². The second-order valence-electron chi connectivity index (χ2n) is 9.39. The van der Waals surface area contributed by atoms with Gasteiger partial charge in [-0.3, -0.25) is 0 Å². The summed E-state index contributed by atoms with van der Waals surface area (Å²) in [6.07, 6.45) is -5.09. The first-order valence-corrected chi connectivity index (χ1v) is 10.2. The Kier molecular flexibility index (Phi) is 6.79. The Morgan fingerprint density at radius 2 is 1.03 bits per heavy atom. The number of ether oxygens (including phenoxy) is 1. The van der Waals surface area contributed by atoms with Crippen molar-refractivity contribution in [2.24, 2.45) is 5.41 Å². The highest BCUT2D eigenvalue weighted by Gasteiger charge is 2.44. The highest BCUT2D eigenvalue weighted by atomic mass is 19.4. The molecule has 0 aliphatic heterocycles. The molecule has 0 spiro atoms. The zero-order chi connectivity index (χ0) is 23.9. The van der Waals surface area contributed by atoms with Crippen molar-refractivity contribution in [2.45, 2.75) is 68.5 Å². The fourth-order valence-corrected chi connectivity index (χ4v) is 4.23. The van der Waals surface area contributed by atoms with E-state index >= 15 is 0 Å². The van der Waals surface area contributed by atoms with E-state index in [1.165, 1.54) is 0 Å². The van der Waals surface area contributed by atoms with E-state index in [-0.39, 0.29) is 5.76 Å². The number of alkyl halides is 3. The first kappa shape index (κ1) is 24.7. The minimum Gasteiger partial charge on any atom is -0.423 e. The molecule has 0 N–H and O–H groups in total. The van der Waals surface area contributed by atoms with Crippen LogP contribution in [0, 0.1) is 47.0 Å². The Morgan fingerprint density at radius 1 is 0.710 bits per heavy atom. The number of hydrogen-bond acceptors (Lipinski definition) is 2. The molecule has 0 saturated carbocycles.